The Morgan fingerprint density at radius 3 is 2.79 bits per heavy atom. The summed E-state index contributed by atoms with van der Waals surface area (Å²) in [5.74, 6) is 0. The van der Waals surface area contributed by atoms with Crippen LogP contribution in [-0.2, 0) is 17.8 Å². The number of aryl methyl sites for hydroxylation is 1. The maximum atomic E-state index is 12.0. The van der Waals surface area contributed by atoms with Gasteiger partial charge in [-0.25, -0.2) is 4.79 Å². The Morgan fingerprint density at radius 2 is 2.16 bits per heavy atom. The van der Waals surface area contributed by atoms with Crippen LogP contribution in [0.1, 0.15) is 33.1 Å². The van der Waals surface area contributed by atoms with Crippen LogP contribution in [0.5, 0.6) is 0 Å². The second-order valence-corrected chi connectivity index (χ2v) is 5.26. The number of hydrogen-bond acceptors (Lipinski definition) is 3. The number of nitrogens with one attached hydrogen (secondary N) is 1. The minimum atomic E-state index is 0.0911. The number of rotatable bonds is 7. The smallest absolute Gasteiger partial charge is 0.328 e. The molecule has 5 nitrogen and oxygen atoms in total. The summed E-state index contributed by atoms with van der Waals surface area (Å²) in [6, 6.07) is 0.357. The van der Waals surface area contributed by atoms with Crippen molar-refractivity contribution in [1.82, 2.24) is 14.5 Å². The van der Waals surface area contributed by atoms with Gasteiger partial charge in [-0.05, 0) is 26.2 Å². The SMILES string of the molecule is CCCn1ccn(CCNC(C)C2CCCO2)c1=O. The van der Waals surface area contributed by atoms with E-state index in [0.717, 1.165) is 39.0 Å². The van der Waals surface area contributed by atoms with Crippen molar-refractivity contribution in [3.05, 3.63) is 22.9 Å². The summed E-state index contributed by atoms with van der Waals surface area (Å²) in [5, 5.41) is 3.45. The Labute approximate surface area is 114 Å². The van der Waals surface area contributed by atoms with Crippen molar-refractivity contribution in [2.75, 3.05) is 13.2 Å². The van der Waals surface area contributed by atoms with Gasteiger partial charge >= 0.3 is 5.69 Å². The van der Waals surface area contributed by atoms with Crippen LogP contribution in [0.4, 0.5) is 0 Å². The number of imidazole rings is 1. The zero-order valence-corrected chi connectivity index (χ0v) is 12.0. The molecule has 2 atom stereocenters. The molecule has 5 heteroatoms. The maximum Gasteiger partial charge on any atom is 0.328 e. The van der Waals surface area contributed by atoms with E-state index in [9.17, 15) is 4.79 Å². The summed E-state index contributed by atoms with van der Waals surface area (Å²) in [4.78, 5) is 12.0. The molecule has 0 aromatic carbocycles. The lowest BCUT2D eigenvalue weighted by Gasteiger charge is -2.19. The van der Waals surface area contributed by atoms with Crippen molar-refractivity contribution in [3.8, 4) is 0 Å². The van der Waals surface area contributed by atoms with Crippen molar-refractivity contribution in [1.29, 1.82) is 0 Å². The van der Waals surface area contributed by atoms with Crippen LogP contribution in [0, 0.1) is 0 Å². The van der Waals surface area contributed by atoms with Crippen molar-refractivity contribution in [2.45, 2.75) is 58.3 Å². The first-order chi connectivity index (χ1) is 9.22. The van der Waals surface area contributed by atoms with Gasteiger partial charge in [0, 0.05) is 44.7 Å². The molecule has 0 amide bonds. The molecule has 0 saturated carbocycles. The fraction of sp³-hybridized carbons (Fsp3) is 0.786. The second-order valence-electron chi connectivity index (χ2n) is 5.26. The average Bonchev–Trinajstić information content (AvgIpc) is 3.03. The summed E-state index contributed by atoms with van der Waals surface area (Å²) in [7, 11) is 0. The summed E-state index contributed by atoms with van der Waals surface area (Å²) in [5.41, 5.74) is 0.0911. The van der Waals surface area contributed by atoms with Crippen LogP contribution < -0.4 is 11.0 Å². The second kappa shape index (κ2) is 6.91. The van der Waals surface area contributed by atoms with Gasteiger partial charge in [0.1, 0.15) is 0 Å². The summed E-state index contributed by atoms with van der Waals surface area (Å²) < 4.78 is 9.18. The third-order valence-corrected chi connectivity index (χ3v) is 3.72. The molecule has 0 radical (unpaired) electrons. The fourth-order valence-electron chi connectivity index (χ4n) is 2.58. The molecule has 1 N–H and O–H groups in total. The monoisotopic (exact) mass is 267 g/mol. The molecule has 2 heterocycles. The summed E-state index contributed by atoms with van der Waals surface area (Å²) in [6.45, 7) is 7.43. The zero-order valence-electron chi connectivity index (χ0n) is 12.0. The molecular formula is C14H25N3O2. The highest BCUT2D eigenvalue weighted by atomic mass is 16.5. The van der Waals surface area contributed by atoms with Crippen LogP contribution in [-0.4, -0.2) is 34.4 Å². The zero-order chi connectivity index (χ0) is 13.7. The van der Waals surface area contributed by atoms with E-state index in [-0.39, 0.29) is 5.69 Å². The van der Waals surface area contributed by atoms with Crippen molar-refractivity contribution in [3.63, 3.8) is 0 Å². The van der Waals surface area contributed by atoms with E-state index in [0.29, 0.717) is 18.7 Å². The number of nitrogens with zero attached hydrogens (tertiary/aromatic N) is 2. The van der Waals surface area contributed by atoms with Gasteiger partial charge < -0.3 is 10.1 Å². The van der Waals surface area contributed by atoms with E-state index in [4.69, 9.17) is 4.74 Å². The Balaban J connectivity index is 1.77. The molecule has 1 aliphatic heterocycles. The third-order valence-electron chi connectivity index (χ3n) is 3.72. The Bertz CT molecular complexity index is 432. The van der Waals surface area contributed by atoms with Crippen LogP contribution in [0.25, 0.3) is 0 Å². The number of aromatic nitrogens is 2. The molecule has 0 bridgehead atoms. The van der Waals surface area contributed by atoms with E-state index in [1.807, 2.05) is 12.4 Å². The van der Waals surface area contributed by atoms with Crippen molar-refractivity contribution in [2.24, 2.45) is 0 Å². The minimum Gasteiger partial charge on any atom is -0.377 e. The molecule has 2 rings (SSSR count). The molecule has 1 aliphatic rings. The largest absolute Gasteiger partial charge is 0.377 e. The third kappa shape index (κ3) is 3.70. The predicted molar refractivity (Wildman–Crippen MR) is 75.4 cm³/mol. The molecule has 1 aromatic rings. The van der Waals surface area contributed by atoms with Gasteiger partial charge in [0.2, 0.25) is 0 Å². The summed E-state index contributed by atoms with van der Waals surface area (Å²) >= 11 is 0. The average molecular weight is 267 g/mol. The van der Waals surface area contributed by atoms with Gasteiger partial charge in [-0.1, -0.05) is 6.92 Å². The highest BCUT2D eigenvalue weighted by molar-refractivity contribution is 4.82. The topological polar surface area (TPSA) is 48.2 Å². The van der Waals surface area contributed by atoms with E-state index in [2.05, 4.69) is 19.2 Å². The first-order valence-electron chi connectivity index (χ1n) is 7.33. The Kier molecular flexibility index (Phi) is 5.22. The van der Waals surface area contributed by atoms with Gasteiger partial charge in [0.25, 0.3) is 0 Å². The normalized spacial score (nSPS) is 20.8. The van der Waals surface area contributed by atoms with Crippen molar-refractivity contribution < 1.29 is 4.74 Å². The molecule has 0 spiro atoms. The van der Waals surface area contributed by atoms with Gasteiger partial charge in [0.15, 0.2) is 0 Å². The number of ether oxygens (including phenoxy) is 1. The van der Waals surface area contributed by atoms with E-state index >= 15 is 0 Å². The predicted octanol–water partition coefficient (Wildman–Crippen LogP) is 1.22. The van der Waals surface area contributed by atoms with Crippen LogP contribution >= 0.6 is 0 Å². The van der Waals surface area contributed by atoms with Gasteiger partial charge in [-0.3, -0.25) is 9.13 Å². The molecule has 0 aliphatic carbocycles. The standard InChI is InChI=1S/C14H25N3O2/c1-3-7-16-9-10-17(14(16)18)8-6-15-12(2)13-5-4-11-19-13/h9-10,12-13,15H,3-8,11H2,1-2H3. The lowest BCUT2D eigenvalue weighted by molar-refractivity contribution is 0.0835. The molecular weight excluding hydrogens is 242 g/mol. The first kappa shape index (κ1) is 14.3. The number of hydrogen-bond donors (Lipinski definition) is 1. The molecule has 1 aromatic heterocycles. The van der Waals surface area contributed by atoms with Gasteiger partial charge in [-0.15, -0.1) is 0 Å². The quantitative estimate of drug-likeness (QED) is 0.808. The lowest BCUT2D eigenvalue weighted by atomic mass is 10.1. The highest BCUT2D eigenvalue weighted by Gasteiger charge is 2.21. The minimum absolute atomic E-state index is 0.0911. The Hall–Kier alpha value is -1.07. The van der Waals surface area contributed by atoms with Crippen LogP contribution in [0.15, 0.2) is 17.2 Å². The summed E-state index contributed by atoms with van der Waals surface area (Å²) in [6.07, 6.45) is 7.36. The molecule has 1 fully saturated rings. The van der Waals surface area contributed by atoms with Crippen LogP contribution in [0.3, 0.4) is 0 Å². The van der Waals surface area contributed by atoms with E-state index in [1.165, 1.54) is 0 Å². The highest BCUT2D eigenvalue weighted by Crippen LogP contribution is 2.15. The fourth-order valence-corrected chi connectivity index (χ4v) is 2.58. The first-order valence-corrected chi connectivity index (χ1v) is 7.33. The van der Waals surface area contributed by atoms with E-state index < -0.39 is 0 Å². The van der Waals surface area contributed by atoms with Gasteiger partial charge in [0.05, 0.1) is 6.10 Å². The molecule has 108 valence electrons. The maximum absolute atomic E-state index is 12.0. The Morgan fingerprint density at radius 1 is 1.42 bits per heavy atom. The lowest BCUT2D eigenvalue weighted by Crippen LogP contribution is -2.39. The van der Waals surface area contributed by atoms with Gasteiger partial charge in [-0.2, -0.15) is 0 Å². The van der Waals surface area contributed by atoms with Crippen LogP contribution in [0.2, 0.25) is 0 Å². The van der Waals surface area contributed by atoms with E-state index in [1.54, 1.807) is 9.13 Å². The van der Waals surface area contributed by atoms with Crippen molar-refractivity contribution >= 4 is 0 Å². The molecule has 19 heavy (non-hydrogen) atoms. The molecule has 1 saturated heterocycles. The molecule has 2 unspecified atom stereocenters.